The molecule has 0 aromatic carbocycles. The lowest BCUT2D eigenvalue weighted by Crippen LogP contribution is -2.30. The fourth-order valence-electron chi connectivity index (χ4n) is 7.06. The summed E-state index contributed by atoms with van der Waals surface area (Å²) >= 11 is 0. The van der Waals surface area contributed by atoms with Gasteiger partial charge in [0, 0.05) is 19.3 Å². The van der Waals surface area contributed by atoms with Crippen LogP contribution in [-0.2, 0) is 28.6 Å². The Bertz CT molecular complexity index is 1800. The monoisotopic (exact) mass is 1030 g/mol. The van der Waals surface area contributed by atoms with Crippen LogP contribution in [0.1, 0.15) is 213 Å². The van der Waals surface area contributed by atoms with Gasteiger partial charge in [-0.25, -0.2) is 0 Å². The largest absolute Gasteiger partial charge is 0.462 e. The first kappa shape index (κ1) is 69.5. The molecule has 0 unspecified atom stereocenters. The van der Waals surface area contributed by atoms with Crippen molar-refractivity contribution in [2.24, 2.45) is 0 Å². The minimum absolute atomic E-state index is 0.142. The molecule has 0 amide bonds. The molecule has 0 aliphatic carbocycles. The van der Waals surface area contributed by atoms with E-state index in [4.69, 9.17) is 14.2 Å². The predicted octanol–water partition coefficient (Wildman–Crippen LogP) is 20.1. The van der Waals surface area contributed by atoms with E-state index in [1.807, 2.05) is 12.2 Å². The van der Waals surface area contributed by atoms with E-state index in [1.165, 1.54) is 25.7 Å². The van der Waals surface area contributed by atoms with E-state index in [9.17, 15) is 14.4 Å². The van der Waals surface area contributed by atoms with Gasteiger partial charge in [0.2, 0.25) is 0 Å². The molecule has 0 N–H and O–H groups in total. The molecule has 0 rings (SSSR count). The molecule has 1 atom stereocenters. The van der Waals surface area contributed by atoms with Crippen LogP contribution >= 0.6 is 0 Å². The first-order valence-corrected chi connectivity index (χ1v) is 29.3. The Morgan fingerprint density at radius 1 is 0.280 bits per heavy atom. The fraction of sp³-hybridized carbons (Fsp3) is 0.522. The van der Waals surface area contributed by atoms with E-state index < -0.39 is 6.10 Å². The smallest absolute Gasteiger partial charge is 0.306 e. The number of carbonyl (C=O) groups is 3. The van der Waals surface area contributed by atoms with Gasteiger partial charge < -0.3 is 14.2 Å². The minimum Gasteiger partial charge on any atom is -0.462 e. The summed E-state index contributed by atoms with van der Waals surface area (Å²) in [5, 5.41) is 0. The van der Waals surface area contributed by atoms with Crippen LogP contribution in [0.15, 0.2) is 182 Å². The third-order valence-corrected chi connectivity index (χ3v) is 11.4. The molecule has 0 bridgehead atoms. The molecule has 0 heterocycles. The van der Waals surface area contributed by atoms with Gasteiger partial charge >= 0.3 is 17.9 Å². The number of unbranched alkanes of at least 4 members (excludes halogenated alkanes) is 9. The summed E-state index contributed by atoms with van der Waals surface area (Å²) in [5.74, 6) is -1.10. The topological polar surface area (TPSA) is 78.9 Å². The Kier molecular flexibility index (Phi) is 56.6. The molecule has 6 heteroatoms. The lowest BCUT2D eigenvalue weighted by atomic mass is 10.1. The number of ether oxygens (including phenoxy) is 3. The number of carbonyl (C=O) groups excluding carboxylic acids is 3. The molecule has 0 fully saturated rings. The number of hydrogen-bond donors (Lipinski definition) is 0. The normalized spacial score (nSPS) is 13.5. The van der Waals surface area contributed by atoms with Crippen LogP contribution in [0.5, 0.6) is 0 Å². The molecule has 0 saturated carbocycles. The highest BCUT2D eigenvalue weighted by molar-refractivity contribution is 5.71. The summed E-state index contributed by atoms with van der Waals surface area (Å²) in [4.78, 5) is 38.2. The lowest BCUT2D eigenvalue weighted by Gasteiger charge is -2.18. The van der Waals surface area contributed by atoms with E-state index in [0.717, 1.165) is 135 Å². The van der Waals surface area contributed by atoms with Crippen LogP contribution in [-0.4, -0.2) is 37.2 Å². The SMILES string of the molecule is CC/C=C\C/C=C\C/C=C\C/C=C\C/C=C\CCCCCC(=O)OC[C@H](COC(=O)CC/C=C\C/C=C\C/C=C\C/C=C\C/C=C\CCCCC)OC(=O)CCCCC/C=C\C/C=C\C/C=C\C/C=C\C/C=C\CC. The third-order valence-electron chi connectivity index (χ3n) is 11.4. The summed E-state index contributed by atoms with van der Waals surface area (Å²) < 4.78 is 16.8. The van der Waals surface area contributed by atoms with Gasteiger partial charge in [-0.15, -0.1) is 0 Å². The van der Waals surface area contributed by atoms with Crippen molar-refractivity contribution in [3.05, 3.63) is 182 Å². The van der Waals surface area contributed by atoms with Crippen molar-refractivity contribution in [1.82, 2.24) is 0 Å². The highest BCUT2D eigenvalue weighted by atomic mass is 16.6. The second-order valence-corrected chi connectivity index (χ2v) is 18.4. The van der Waals surface area contributed by atoms with E-state index in [0.29, 0.717) is 12.8 Å². The van der Waals surface area contributed by atoms with Crippen molar-refractivity contribution in [1.29, 1.82) is 0 Å². The summed E-state index contributed by atoms with van der Waals surface area (Å²) in [6, 6.07) is 0. The van der Waals surface area contributed by atoms with Crippen LogP contribution in [0.2, 0.25) is 0 Å². The molecule has 75 heavy (non-hydrogen) atoms. The van der Waals surface area contributed by atoms with Crippen molar-refractivity contribution >= 4 is 17.9 Å². The van der Waals surface area contributed by atoms with Gasteiger partial charge in [-0.2, -0.15) is 0 Å². The zero-order valence-electron chi connectivity index (χ0n) is 47.5. The molecule has 0 spiro atoms. The molecule has 416 valence electrons. The van der Waals surface area contributed by atoms with E-state index >= 15 is 0 Å². The lowest BCUT2D eigenvalue weighted by molar-refractivity contribution is -0.166. The average Bonchev–Trinajstić information content (AvgIpc) is 3.41. The summed E-state index contributed by atoms with van der Waals surface area (Å²) in [6.45, 7) is 6.24. The van der Waals surface area contributed by atoms with Gasteiger partial charge in [0.05, 0.1) is 0 Å². The Hall–Kier alpha value is -5.49. The molecular weight excluding hydrogens is 925 g/mol. The number of rotatable bonds is 50. The van der Waals surface area contributed by atoms with Crippen LogP contribution in [0.3, 0.4) is 0 Å². The van der Waals surface area contributed by atoms with Gasteiger partial charge in [0.25, 0.3) is 0 Å². The minimum atomic E-state index is -0.852. The average molecular weight is 1030 g/mol. The van der Waals surface area contributed by atoms with Crippen molar-refractivity contribution in [2.45, 2.75) is 219 Å². The Labute approximate surface area is 459 Å². The molecule has 6 nitrogen and oxygen atoms in total. The first-order valence-electron chi connectivity index (χ1n) is 29.3. The Balaban J connectivity index is 4.67. The van der Waals surface area contributed by atoms with Crippen LogP contribution in [0.25, 0.3) is 0 Å². The molecule has 0 aromatic heterocycles. The van der Waals surface area contributed by atoms with Crippen molar-refractivity contribution in [2.75, 3.05) is 13.2 Å². The second-order valence-electron chi connectivity index (χ2n) is 18.4. The molecule has 0 aliphatic rings. The molecule has 0 saturated heterocycles. The third kappa shape index (κ3) is 59.3. The van der Waals surface area contributed by atoms with Crippen LogP contribution in [0, 0.1) is 0 Å². The Morgan fingerprint density at radius 2 is 0.547 bits per heavy atom. The molecular formula is C69H104O6. The van der Waals surface area contributed by atoms with Crippen LogP contribution < -0.4 is 0 Å². The van der Waals surface area contributed by atoms with Crippen molar-refractivity contribution in [3.63, 3.8) is 0 Å². The standard InChI is InChI=1S/C69H104O6/c1-4-7-10-13-16-19-22-25-28-31-34-37-40-43-46-49-52-55-58-61-67(70)73-64-66(75-69(72)63-60-57-54-51-48-45-42-39-36-33-30-27-24-21-18-15-12-9-6-3)65-74-68(71)62-59-56-53-50-47-44-41-38-35-32-29-26-23-20-17-14-11-8-5-2/h7,9-10,12,16-21,25-30,34-39,43-48,53,56,66H,4-6,8,11,13-15,22-24,31-33,40-42,49-52,54-55,57-65H2,1-3H3/b10-7-,12-9-,19-16-,20-17-,21-18-,28-25-,29-26-,30-27-,37-34-,38-35-,39-36-,46-43-,47-44-,48-45-,56-53-/t66-/m1/s1. The summed E-state index contributed by atoms with van der Waals surface area (Å²) in [6.07, 6.45) is 91.7. The highest BCUT2D eigenvalue weighted by Crippen LogP contribution is 2.11. The van der Waals surface area contributed by atoms with Crippen LogP contribution in [0.4, 0.5) is 0 Å². The summed E-state index contributed by atoms with van der Waals surface area (Å²) in [7, 11) is 0. The van der Waals surface area contributed by atoms with Gasteiger partial charge in [-0.05, 0) is 148 Å². The van der Waals surface area contributed by atoms with Gasteiger partial charge in [0.15, 0.2) is 6.10 Å². The fourth-order valence-corrected chi connectivity index (χ4v) is 7.06. The van der Waals surface area contributed by atoms with E-state index in [1.54, 1.807) is 0 Å². The van der Waals surface area contributed by atoms with E-state index in [2.05, 4.69) is 191 Å². The molecule has 0 radical (unpaired) electrons. The zero-order chi connectivity index (χ0) is 54.3. The van der Waals surface area contributed by atoms with Gasteiger partial charge in [0.1, 0.15) is 13.2 Å². The van der Waals surface area contributed by atoms with Crippen molar-refractivity contribution < 1.29 is 28.6 Å². The number of esters is 3. The highest BCUT2D eigenvalue weighted by Gasteiger charge is 2.19. The number of hydrogen-bond acceptors (Lipinski definition) is 6. The van der Waals surface area contributed by atoms with Gasteiger partial charge in [-0.1, -0.05) is 229 Å². The van der Waals surface area contributed by atoms with Gasteiger partial charge in [-0.3, -0.25) is 14.4 Å². The Morgan fingerprint density at radius 3 is 0.867 bits per heavy atom. The predicted molar refractivity (Wildman–Crippen MR) is 324 cm³/mol. The first-order chi connectivity index (χ1) is 37.0. The molecule has 0 aliphatic heterocycles. The zero-order valence-corrected chi connectivity index (χ0v) is 47.5. The second kappa shape index (κ2) is 61.1. The van der Waals surface area contributed by atoms with Crippen molar-refractivity contribution in [3.8, 4) is 0 Å². The number of allylic oxidation sites excluding steroid dienone is 30. The maximum atomic E-state index is 12.9. The maximum Gasteiger partial charge on any atom is 0.306 e. The molecule has 0 aromatic rings. The quantitative estimate of drug-likeness (QED) is 0.0261. The maximum absolute atomic E-state index is 12.9. The summed E-state index contributed by atoms with van der Waals surface area (Å²) in [5.41, 5.74) is 0. The van der Waals surface area contributed by atoms with E-state index in [-0.39, 0.29) is 50.4 Å².